The van der Waals surface area contributed by atoms with Gasteiger partial charge in [0.25, 0.3) is 5.24 Å². The number of carbonyl (C=O) groups excluding carboxylic acids is 2. The van der Waals surface area contributed by atoms with E-state index < -0.39 is 5.24 Å². The predicted octanol–water partition coefficient (Wildman–Crippen LogP) is 3.06. The zero-order chi connectivity index (χ0) is 15.8. The summed E-state index contributed by atoms with van der Waals surface area (Å²) in [6.07, 6.45) is 0.118. The fourth-order valence-corrected chi connectivity index (χ4v) is 2.03. The first-order chi connectivity index (χ1) is 9.93. The average molecular weight is 332 g/mol. The molecule has 0 N–H and O–H groups in total. The van der Waals surface area contributed by atoms with Crippen LogP contribution in [0.25, 0.3) is 0 Å². The highest BCUT2D eigenvalue weighted by molar-refractivity contribution is 6.67. The van der Waals surface area contributed by atoms with Crippen LogP contribution in [-0.4, -0.2) is 41.2 Å². The molecule has 1 aromatic carbocycles. The molecule has 116 valence electrons. The number of nitrogens with zero attached hydrogens (tertiary/aromatic N) is 1. The summed E-state index contributed by atoms with van der Waals surface area (Å²) in [5, 5.41) is -0.499. The van der Waals surface area contributed by atoms with Crippen molar-refractivity contribution in [2.24, 2.45) is 0 Å². The van der Waals surface area contributed by atoms with E-state index in [0.717, 1.165) is 5.56 Å². The zero-order valence-corrected chi connectivity index (χ0v) is 13.7. The number of benzene rings is 1. The van der Waals surface area contributed by atoms with Gasteiger partial charge in [0, 0.05) is 18.7 Å². The lowest BCUT2D eigenvalue weighted by Crippen LogP contribution is -2.34. The molecule has 4 nitrogen and oxygen atoms in total. The molecule has 0 saturated carbocycles. The Morgan fingerprint density at radius 1 is 1.24 bits per heavy atom. The molecule has 0 aromatic heterocycles. The van der Waals surface area contributed by atoms with Crippen LogP contribution in [0.1, 0.15) is 29.8 Å². The van der Waals surface area contributed by atoms with E-state index >= 15 is 0 Å². The lowest BCUT2D eigenvalue weighted by Gasteiger charge is -2.22. The predicted molar refractivity (Wildman–Crippen MR) is 83.9 cm³/mol. The molecule has 0 saturated heterocycles. The van der Waals surface area contributed by atoms with Gasteiger partial charge in [-0.2, -0.15) is 0 Å². The van der Waals surface area contributed by atoms with Gasteiger partial charge in [0.2, 0.25) is 5.91 Å². The van der Waals surface area contributed by atoms with Crippen molar-refractivity contribution in [3.63, 3.8) is 0 Å². The van der Waals surface area contributed by atoms with Crippen LogP contribution >= 0.6 is 23.2 Å². The van der Waals surface area contributed by atoms with Gasteiger partial charge in [0.05, 0.1) is 12.7 Å². The van der Waals surface area contributed by atoms with Gasteiger partial charge in [0.1, 0.15) is 5.88 Å². The molecule has 1 amide bonds. The molecule has 0 aliphatic heterocycles. The zero-order valence-electron chi connectivity index (χ0n) is 12.1. The third kappa shape index (κ3) is 6.46. The number of halogens is 2. The summed E-state index contributed by atoms with van der Waals surface area (Å²) in [5.41, 5.74) is 1.33. The highest BCUT2D eigenvalue weighted by Crippen LogP contribution is 2.10. The monoisotopic (exact) mass is 331 g/mol. The molecule has 0 aliphatic rings. The van der Waals surface area contributed by atoms with E-state index in [1.54, 1.807) is 29.2 Å². The molecule has 0 aliphatic carbocycles. The van der Waals surface area contributed by atoms with Crippen LogP contribution in [0.5, 0.6) is 0 Å². The Kier molecular flexibility index (Phi) is 7.72. The number of rotatable bonds is 8. The Labute approximate surface area is 135 Å². The summed E-state index contributed by atoms with van der Waals surface area (Å²) in [7, 11) is 0. The van der Waals surface area contributed by atoms with Crippen molar-refractivity contribution in [1.82, 2.24) is 4.90 Å². The summed E-state index contributed by atoms with van der Waals surface area (Å²) in [6.45, 7) is 5.23. The summed E-state index contributed by atoms with van der Waals surface area (Å²) in [5.74, 6) is -0.221. The van der Waals surface area contributed by atoms with Gasteiger partial charge in [-0.25, -0.2) is 0 Å². The molecule has 1 rings (SSSR count). The Bertz CT molecular complexity index is 474. The second-order valence-corrected chi connectivity index (χ2v) is 5.45. The smallest absolute Gasteiger partial charge is 0.252 e. The highest BCUT2D eigenvalue weighted by Gasteiger charge is 2.13. The number of carbonyl (C=O) groups is 2. The van der Waals surface area contributed by atoms with Gasteiger partial charge in [0.15, 0.2) is 0 Å². The molecule has 0 atom stereocenters. The van der Waals surface area contributed by atoms with Crippen LogP contribution in [0, 0.1) is 0 Å². The average Bonchev–Trinajstić information content (AvgIpc) is 2.45. The third-order valence-electron chi connectivity index (χ3n) is 2.83. The maximum Gasteiger partial charge on any atom is 0.252 e. The topological polar surface area (TPSA) is 46.6 Å². The summed E-state index contributed by atoms with van der Waals surface area (Å²) in [4.78, 5) is 24.5. The van der Waals surface area contributed by atoms with Crippen LogP contribution in [0.2, 0.25) is 0 Å². The van der Waals surface area contributed by atoms with Gasteiger partial charge < -0.3 is 9.64 Å². The number of alkyl halides is 1. The van der Waals surface area contributed by atoms with E-state index in [1.807, 2.05) is 13.8 Å². The second-order valence-electron chi connectivity index (χ2n) is 4.84. The van der Waals surface area contributed by atoms with E-state index in [0.29, 0.717) is 25.3 Å². The van der Waals surface area contributed by atoms with Crippen molar-refractivity contribution in [1.29, 1.82) is 0 Å². The van der Waals surface area contributed by atoms with Crippen LogP contribution in [0.3, 0.4) is 0 Å². The van der Waals surface area contributed by atoms with E-state index in [-0.39, 0.29) is 17.9 Å². The minimum absolute atomic E-state index is 0.0695. The fraction of sp³-hybridized carbons (Fsp3) is 0.467. The van der Waals surface area contributed by atoms with Crippen molar-refractivity contribution < 1.29 is 14.3 Å². The minimum atomic E-state index is -0.499. The largest absolute Gasteiger partial charge is 0.377 e. The van der Waals surface area contributed by atoms with Gasteiger partial charge in [-0.05, 0) is 43.1 Å². The normalized spacial score (nSPS) is 10.7. The molecule has 0 bridgehead atoms. The maximum atomic E-state index is 11.8. The van der Waals surface area contributed by atoms with Gasteiger partial charge in [-0.1, -0.05) is 12.1 Å². The van der Waals surface area contributed by atoms with E-state index in [4.69, 9.17) is 27.9 Å². The van der Waals surface area contributed by atoms with Crippen molar-refractivity contribution >= 4 is 34.4 Å². The quantitative estimate of drug-likeness (QED) is 0.543. The minimum Gasteiger partial charge on any atom is -0.377 e. The highest BCUT2D eigenvalue weighted by atomic mass is 35.5. The van der Waals surface area contributed by atoms with Crippen LogP contribution in [0.15, 0.2) is 24.3 Å². The van der Waals surface area contributed by atoms with Gasteiger partial charge >= 0.3 is 0 Å². The Hall–Kier alpha value is -1.10. The number of ether oxygens (including phenoxy) is 1. The first-order valence-corrected chi connectivity index (χ1v) is 7.59. The standard InChI is InChI=1S/C15H19Cl2NO3/c1-11(2)21-8-7-18(14(19)9-16)10-12-3-5-13(6-4-12)15(17)20/h3-6,11H,7-10H2,1-2H3. The second kappa shape index (κ2) is 9.03. The van der Waals surface area contributed by atoms with Crippen LogP contribution < -0.4 is 0 Å². The fourth-order valence-electron chi connectivity index (χ4n) is 1.74. The Morgan fingerprint density at radius 3 is 2.33 bits per heavy atom. The summed E-state index contributed by atoms with van der Waals surface area (Å²) in [6, 6.07) is 6.82. The lowest BCUT2D eigenvalue weighted by atomic mass is 10.1. The molecule has 1 aromatic rings. The first kappa shape index (κ1) is 18.0. The molecule has 0 fully saturated rings. The van der Waals surface area contributed by atoms with Crippen LogP contribution in [-0.2, 0) is 16.1 Å². The number of amides is 1. The summed E-state index contributed by atoms with van der Waals surface area (Å²) < 4.78 is 5.46. The van der Waals surface area contributed by atoms with E-state index in [2.05, 4.69) is 0 Å². The molecule has 0 unspecified atom stereocenters. The van der Waals surface area contributed by atoms with Crippen molar-refractivity contribution in [3.8, 4) is 0 Å². The van der Waals surface area contributed by atoms with Crippen molar-refractivity contribution in [3.05, 3.63) is 35.4 Å². The van der Waals surface area contributed by atoms with Crippen LogP contribution in [0.4, 0.5) is 0 Å². The van der Waals surface area contributed by atoms with Gasteiger partial charge in [-0.3, -0.25) is 9.59 Å². The molecule has 0 spiro atoms. The van der Waals surface area contributed by atoms with Crippen molar-refractivity contribution in [2.45, 2.75) is 26.5 Å². The molecule has 0 radical (unpaired) electrons. The Balaban J connectivity index is 2.66. The lowest BCUT2D eigenvalue weighted by molar-refractivity contribution is -0.130. The number of hydrogen-bond donors (Lipinski definition) is 0. The third-order valence-corrected chi connectivity index (χ3v) is 3.28. The Morgan fingerprint density at radius 2 is 1.86 bits per heavy atom. The molecule has 0 heterocycles. The van der Waals surface area contributed by atoms with E-state index in [1.165, 1.54) is 0 Å². The SMILES string of the molecule is CC(C)OCCN(Cc1ccc(C(=O)Cl)cc1)C(=O)CCl. The number of hydrogen-bond acceptors (Lipinski definition) is 3. The summed E-state index contributed by atoms with van der Waals surface area (Å²) >= 11 is 11.0. The maximum absolute atomic E-state index is 11.8. The molecule has 21 heavy (non-hydrogen) atoms. The van der Waals surface area contributed by atoms with Crippen molar-refractivity contribution in [2.75, 3.05) is 19.0 Å². The molecular formula is C15H19Cl2NO3. The van der Waals surface area contributed by atoms with E-state index in [9.17, 15) is 9.59 Å². The molecular weight excluding hydrogens is 313 g/mol. The first-order valence-electron chi connectivity index (χ1n) is 6.68. The molecule has 6 heteroatoms. The van der Waals surface area contributed by atoms with Gasteiger partial charge in [-0.15, -0.1) is 11.6 Å².